The van der Waals surface area contributed by atoms with Crippen molar-refractivity contribution in [3.8, 4) is 11.5 Å². The van der Waals surface area contributed by atoms with Crippen LogP contribution >= 0.6 is 11.3 Å². The van der Waals surface area contributed by atoms with Crippen LogP contribution in [0.5, 0.6) is 11.5 Å². The van der Waals surface area contributed by atoms with Crippen molar-refractivity contribution >= 4 is 44.1 Å². The molecule has 1 aliphatic heterocycles. The fourth-order valence-corrected chi connectivity index (χ4v) is 5.87. The average molecular weight is 571 g/mol. The third-order valence-electron chi connectivity index (χ3n) is 7.00. The fourth-order valence-electron chi connectivity index (χ4n) is 4.85. The fraction of sp³-hybridized carbons (Fsp3) is 0.303. The van der Waals surface area contributed by atoms with Crippen LogP contribution in [0.25, 0.3) is 16.0 Å². The SMILES string of the molecule is CCCOc1ccc(C(O)=C2C(=O)C(=O)N(c3nc4ccc(OCC)cc4s3)C2c2ccc(C(C)(C)C)cc2)cc1. The molecule has 4 aromatic rings. The third-order valence-corrected chi connectivity index (χ3v) is 8.02. The molecule has 7 nitrogen and oxygen atoms in total. The minimum atomic E-state index is -0.855. The number of carbonyl (C=O) groups is 2. The van der Waals surface area contributed by atoms with Crippen LogP contribution in [0.4, 0.5) is 5.13 Å². The lowest BCUT2D eigenvalue weighted by Gasteiger charge is -2.24. The van der Waals surface area contributed by atoms with Crippen LogP contribution in [-0.4, -0.2) is 35.0 Å². The maximum Gasteiger partial charge on any atom is 0.301 e. The summed E-state index contributed by atoms with van der Waals surface area (Å²) in [7, 11) is 0. The van der Waals surface area contributed by atoms with Gasteiger partial charge >= 0.3 is 5.91 Å². The Morgan fingerprint density at radius 2 is 1.63 bits per heavy atom. The molecule has 1 N–H and O–H groups in total. The zero-order valence-corrected chi connectivity index (χ0v) is 24.7. The molecule has 1 aliphatic rings. The van der Waals surface area contributed by atoms with Gasteiger partial charge in [0.05, 0.1) is 35.0 Å². The number of hydrogen-bond acceptors (Lipinski definition) is 7. The van der Waals surface area contributed by atoms with Crippen molar-refractivity contribution in [1.82, 2.24) is 4.98 Å². The van der Waals surface area contributed by atoms with Crippen molar-refractivity contribution in [1.29, 1.82) is 0 Å². The maximum atomic E-state index is 13.6. The maximum absolute atomic E-state index is 13.6. The molecule has 0 radical (unpaired) electrons. The minimum absolute atomic E-state index is 0.0231. The lowest BCUT2D eigenvalue weighted by atomic mass is 9.85. The summed E-state index contributed by atoms with van der Waals surface area (Å²) in [5, 5.41) is 11.9. The van der Waals surface area contributed by atoms with E-state index >= 15 is 0 Å². The molecule has 0 bridgehead atoms. The van der Waals surface area contributed by atoms with E-state index < -0.39 is 17.7 Å². The first-order valence-corrected chi connectivity index (χ1v) is 14.6. The highest BCUT2D eigenvalue weighted by Crippen LogP contribution is 2.45. The number of aliphatic hydroxyl groups is 1. The largest absolute Gasteiger partial charge is 0.507 e. The number of thiazole rings is 1. The molecule has 0 spiro atoms. The number of anilines is 1. The number of amides is 1. The molecular formula is C33H34N2O5S. The van der Waals surface area contributed by atoms with Gasteiger partial charge in [0.15, 0.2) is 5.13 Å². The molecule has 8 heteroatoms. The molecule has 1 amide bonds. The van der Waals surface area contributed by atoms with Crippen molar-refractivity contribution in [3.05, 3.63) is 89.0 Å². The predicted molar refractivity (Wildman–Crippen MR) is 163 cm³/mol. The highest BCUT2D eigenvalue weighted by Gasteiger charge is 2.48. The van der Waals surface area contributed by atoms with Gasteiger partial charge in [0.2, 0.25) is 0 Å². The number of nitrogens with zero attached hydrogens (tertiary/aromatic N) is 2. The molecule has 5 rings (SSSR count). The van der Waals surface area contributed by atoms with Crippen LogP contribution in [0.2, 0.25) is 0 Å². The molecule has 1 fully saturated rings. The van der Waals surface area contributed by atoms with E-state index in [0.717, 1.165) is 16.7 Å². The topological polar surface area (TPSA) is 89.0 Å². The Morgan fingerprint density at radius 1 is 0.951 bits per heavy atom. The lowest BCUT2D eigenvalue weighted by molar-refractivity contribution is -0.132. The summed E-state index contributed by atoms with van der Waals surface area (Å²) >= 11 is 1.31. The third kappa shape index (κ3) is 5.57. The van der Waals surface area contributed by atoms with E-state index in [4.69, 9.17) is 14.5 Å². The second-order valence-corrected chi connectivity index (χ2v) is 12.0. The van der Waals surface area contributed by atoms with Crippen molar-refractivity contribution in [3.63, 3.8) is 0 Å². The zero-order chi connectivity index (χ0) is 29.3. The van der Waals surface area contributed by atoms with E-state index in [1.807, 2.05) is 56.3 Å². The van der Waals surface area contributed by atoms with Gasteiger partial charge in [-0.15, -0.1) is 0 Å². The lowest BCUT2D eigenvalue weighted by Crippen LogP contribution is -2.29. The summed E-state index contributed by atoms with van der Waals surface area (Å²) in [5.41, 5.74) is 2.89. The van der Waals surface area contributed by atoms with E-state index in [1.165, 1.54) is 16.2 Å². The molecule has 2 heterocycles. The molecule has 1 atom stereocenters. The second-order valence-electron chi connectivity index (χ2n) is 11.0. The number of aliphatic hydroxyl groups excluding tert-OH is 1. The normalized spacial score (nSPS) is 16.9. The number of hydrogen-bond donors (Lipinski definition) is 1. The molecular weight excluding hydrogens is 536 g/mol. The summed E-state index contributed by atoms with van der Waals surface area (Å²) in [6.45, 7) is 11.4. The highest BCUT2D eigenvalue weighted by molar-refractivity contribution is 7.22. The number of ether oxygens (including phenoxy) is 2. The van der Waals surface area contributed by atoms with Crippen LogP contribution in [-0.2, 0) is 15.0 Å². The molecule has 1 unspecified atom stereocenters. The molecule has 1 aromatic heterocycles. The standard InChI is InChI=1S/C33H34N2O5S/c1-6-18-40-23-14-10-21(11-15-23)29(36)27-28(20-8-12-22(13-9-20)33(3,4)5)35(31(38)30(27)37)32-34-25-17-16-24(39-7-2)19-26(25)41-32/h8-17,19,28,36H,6-7,18H2,1-5H3. The Hall–Kier alpha value is -4.17. The highest BCUT2D eigenvalue weighted by atomic mass is 32.1. The predicted octanol–water partition coefficient (Wildman–Crippen LogP) is 7.41. The van der Waals surface area contributed by atoms with Gasteiger partial charge in [-0.25, -0.2) is 4.98 Å². The molecule has 41 heavy (non-hydrogen) atoms. The number of ketones is 1. The van der Waals surface area contributed by atoms with E-state index in [-0.39, 0.29) is 16.7 Å². The van der Waals surface area contributed by atoms with Gasteiger partial charge in [0.1, 0.15) is 17.3 Å². The first-order chi connectivity index (χ1) is 19.6. The molecule has 212 valence electrons. The van der Waals surface area contributed by atoms with Crippen molar-refractivity contribution in [2.45, 2.75) is 52.5 Å². The minimum Gasteiger partial charge on any atom is -0.507 e. The van der Waals surface area contributed by atoms with Crippen LogP contribution in [0.1, 0.15) is 63.8 Å². The summed E-state index contributed by atoms with van der Waals surface area (Å²) in [5.74, 6) is -0.356. The monoisotopic (exact) mass is 570 g/mol. The molecule has 0 aliphatic carbocycles. The van der Waals surface area contributed by atoms with Crippen molar-refractivity contribution < 1.29 is 24.2 Å². The summed E-state index contributed by atoms with van der Waals surface area (Å²) in [4.78, 5) is 33.4. The number of carbonyl (C=O) groups excluding carboxylic acids is 2. The average Bonchev–Trinajstić information content (AvgIpc) is 3.49. The van der Waals surface area contributed by atoms with Crippen molar-refractivity contribution in [2.24, 2.45) is 0 Å². The number of rotatable bonds is 8. The van der Waals surface area contributed by atoms with Gasteiger partial charge in [-0.1, -0.05) is 63.3 Å². The van der Waals surface area contributed by atoms with E-state index in [9.17, 15) is 14.7 Å². The Kier molecular flexibility index (Phi) is 7.87. The number of aromatic nitrogens is 1. The second kappa shape index (κ2) is 11.4. The van der Waals surface area contributed by atoms with Gasteiger partial charge in [-0.2, -0.15) is 0 Å². The van der Waals surface area contributed by atoms with E-state index in [2.05, 4.69) is 20.8 Å². The van der Waals surface area contributed by atoms with E-state index in [0.29, 0.717) is 46.5 Å². The first kappa shape index (κ1) is 28.4. The number of benzene rings is 3. The molecule has 0 saturated carbocycles. The zero-order valence-electron chi connectivity index (χ0n) is 23.9. The van der Waals surface area contributed by atoms with Crippen molar-refractivity contribution in [2.75, 3.05) is 18.1 Å². The van der Waals surface area contributed by atoms with Gasteiger partial charge < -0.3 is 14.6 Å². The number of Topliss-reactive ketones (excluding diaryl/α,β-unsaturated/α-hetero) is 1. The summed E-state index contributed by atoms with van der Waals surface area (Å²) in [6.07, 6.45) is 0.873. The van der Waals surface area contributed by atoms with Gasteiger partial charge in [-0.3, -0.25) is 14.5 Å². The van der Waals surface area contributed by atoms with Gasteiger partial charge in [0.25, 0.3) is 5.78 Å². The number of fused-ring (bicyclic) bond motifs is 1. The Morgan fingerprint density at radius 3 is 2.27 bits per heavy atom. The van der Waals surface area contributed by atoms with E-state index in [1.54, 1.807) is 24.3 Å². The van der Waals surface area contributed by atoms with Crippen LogP contribution in [0.3, 0.4) is 0 Å². The van der Waals surface area contributed by atoms with Crippen LogP contribution < -0.4 is 14.4 Å². The van der Waals surface area contributed by atoms with Crippen LogP contribution in [0, 0.1) is 0 Å². The summed E-state index contributed by atoms with van der Waals surface area (Å²) < 4.78 is 12.1. The molecule has 1 saturated heterocycles. The van der Waals surface area contributed by atoms with Gasteiger partial charge in [-0.05, 0) is 72.4 Å². The quantitative estimate of drug-likeness (QED) is 0.135. The first-order valence-electron chi connectivity index (χ1n) is 13.8. The summed E-state index contributed by atoms with van der Waals surface area (Å²) in [6, 6.07) is 19.4. The Balaban J connectivity index is 1.64. The van der Waals surface area contributed by atoms with Gasteiger partial charge in [0, 0.05) is 5.56 Å². The Labute approximate surface area is 244 Å². The molecule has 3 aromatic carbocycles. The Bertz CT molecular complexity index is 1610. The smallest absolute Gasteiger partial charge is 0.301 e. The van der Waals surface area contributed by atoms with Crippen LogP contribution in [0.15, 0.2) is 72.3 Å².